The quantitative estimate of drug-likeness (QED) is 0.830. The summed E-state index contributed by atoms with van der Waals surface area (Å²) >= 11 is 0. The molecule has 0 saturated heterocycles. The lowest BCUT2D eigenvalue weighted by Gasteiger charge is -2.40. The van der Waals surface area contributed by atoms with Gasteiger partial charge in [-0.2, -0.15) is 0 Å². The van der Waals surface area contributed by atoms with Gasteiger partial charge in [0.25, 0.3) is 0 Å². The van der Waals surface area contributed by atoms with Crippen LogP contribution in [0.1, 0.15) is 52.5 Å². The number of amides is 2. The molecule has 28 heavy (non-hydrogen) atoms. The van der Waals surface area contributed by atoms with Gasteiger partial charge in [-0.15, -0.1) is 0 Å². The number of anilines is 2. The van der Waals surface area contributed by atoms with Gasteiger partial charge < -0.3 is 15.4 Å². The van der Waals surface area contributed by atoms with Crippen LogP contribution in [-0.4, -0.2) is 30.7 Å². The molecule has 1 aromatic carbocycles. The van der Waals surface area contributed by atoms with Crippen molar-refractivity contribution in [1.82, 2.24) is 0 Å². The van der Waals surface area contributed by atoms with E-state index in [2.05, 4.69) is 12.2 Å². The summed E-state index contributed by atoms with van der Waals surface area (Å²) in [4.78, 5) is 28.4. The predicted octanol–water partition coefficient (Wildman–Crippen LogP) is 4.20. The Kier molecular flexibility index (Phi) is 5.77. The molecule has 0 radical (unpaired) electrons. The second-order valence-corrected chi connectivity index (χ2v) is 7.72. The molecule has 6 heteroatoms. The number of nitrogens with zero attached hydrogens (tertiary/aromatic N) is 2. The Hall–Kier alpha value is -2.76. The van der Waals surface area contributed by atoms with E-state index in [1.807, 2.05) is 39.0 Å². The molecule has 150 valence electrons. The van der Waals surface area contributed by atoms with Crippen molar-refractivity contribution in [3.05, 3.63) is 41.6 Å². The average Bonchev–Trinajstić information content (AvgIpc) is 2.84. The fourth-order valence-corrected chi connectivity index (χ4v) is 3.85. The third kappa shape index (κ3) is 3.91. The molecule has 0 fully saturated rings. The highest BCUT2D eigenvalue weighted by molar-refractivity contribution is 6.03. The molecule has 2 amide bonds. The topological polar surface area (TPSA) is 75.9 Å². The van der Waals surface area contributed by atoms with Crippen LogP contribution < -0.4 is 15.5 Å². The van der Waals surface area contributed by atoms with E-state index >= 15 is 0 Å². The first-order valence-electron chi connectivity index (χ1n) is 9.87. The number of ether oxygens (including phenoxy) is 1. The molecule has 6 nitrogen and oxygen atoms in total. The summed E-state index contributed by atoms with van der Waals surface area (Å²) in [7, 11) is 0. The Balaban J connectivity index is 2.11. The van der Waals surface area contributed by atoms with Gasteiger partial charge in [0, 0.05) is 24.7 Å². The second kappa shape index (κ2) is 8.09. The number of hydrogen-bond acceptors (Lipinski definition) is 4. The van der Waals surface area contributed by atoms with Crippen LogP contribution in [0, 0.1) is 0 Å². The predicted molar refractivity (Wildman–Crippen MR) is 112 cm³/mol. The van der Waals surface area contributed by atoms with Crippen LogP contribution in [0.4, 0.5) is 16.2 Å². The SMILES string of the molecule is CC(=O)N1c2ccc(C3=C(N)CCCC=C3)cc2N(C(=O)OC(C)C)C[C@@H]1C. The van der Waals surface area contributed by atoms with Gasteiger partial charge in [-0.3, -0.25) is 9.69 Å². The molecule has 0 bridgehead atoms. The fourth-order valence-electron chi connectivity index (χ4n) is 3.85. The van der Waals surface area contributed by atoms with Crippen LogP contribution >= 0.6 is 0 Å². The normalized spacial score (nSPS) is 19.5. The monoisotopic (exact) mass is 383 g/mol. The van der Waals surface area contributed by atoms with Crippen molar-refractivity contribution in [1.29, 1.82) is 0 Å². The van der Waals surface area contributed by atoms with Gasteiger partial charge in [0.15, 0.2) is 0 Å². The zero-order valence-corrected chi connectivity index (χ0v) is 17.1. The lowest BCUT2D eigenvalue weighted by atomic mass is 9.99. The molecule has 2 N–H and O–H groups in total. The first-order valence-corrected chi connectivity index (χ1v) is 9.87. The average molecular weight is 383 g/mol. The molecule has 0 spiro atoms. The number of allylic oxidation sites excluding steroid dienone is 4. The highest BCUT2D eigenvalue weighted by Crippen LogP contribution is 2.39. The highest BCUT2D eigenvalue weighted by Gasteiger charge is 2.35. The van der Waals surface area contributed by atoms with E-state index in [0.29, 0.717) is 17.9 Å². The zero-order valence-electron chi connectivity index (χ0n) is 17.1. The number of carbonyl (C=O) groups is 2. The maximum Gasteiger partial charge on any atom is 0.414 e. The van der Waals surface area contributed by atoms with E-state index in [9.17, 15) is 9.59 Å². The van der Waals surface area contributed by atoms with E-state index in [-0.39, 0.29) is 18.1 Å². The molecule has 1 atom stereocenters. The molecule has 1 aliphatic heterocycles. The van der Waals surface area contributed by atoms with Gasteiger partial charge in [-0.25, -0.2) is 4.79 Å². The van der Waals surface area contributed by atoms with E-state index in [1.54, 1.807) is 16.7 Å². The maximum absolute atomic E-state index is 12.7. The molecule has 1 heterocycles. The Morgan fingerprint density at radius 2 is 2.00 bits per heavy atom. The van der Waals surface area contributed by atoms with Gasteiger partial charge in [0.2, 0.25) is 5.91 Å². The van der Waals surface area contributed by atoms with Gasteiger partial charge in [-0.05, 0) is 57.7 Å². The molecular formula is C22H29N3O3. The summed E-state index contributed by atoms with van der Waals surface area (Å²) in [5.74, 6) is -0.0496. The lowest BCUT2D eigenvalue weighted by molar-refractivity contribution is -0.117. The van der Waals surface area contributed by atoms with Gasteiger partial charge in [0.05, 0.1) is 23.5 Å². The summed E-state index contributed by atoms with van der Waals surface area (Å²) in [5.41, 5.74) is 10.5. The molecular weight excluding hydrogens is 354 g/mol. The number of carbonyl (C=O) groups excluding carboxylic acids is 2. The molecule has 1 aliphatic carbocycles. The van der Waals surface area contributed by atoms with Crippen molar-refractivity contribution in [3.8, 4) is 0 Å². The first kappa shape index (κ1) is 20.0. The highest BCUT2D eigenvalue weighted by atomic mass is 16.6. The number of rotatable bonds is 2. The Bertz CT molecular complexity index is 841. The smallest absolute Gasteiger partial charge is 0.414 e. The standard InChI is InChI=1S/C22H29N3O3/c1-14(2)28-22(27)24-13-15(3)25(16(4)26)20-11-10-17(12-21(20)24)18-8-6-5-7-9-19(18)23/h6,8,10-12,14-15H,5,7,9,13,23H2,1-4H3/t15-/m0/s1. The maximum atomic E-state index is 12.7. The van der Waals surface area contributed by atoms with Gasteiger partial charge >= 0.3 is 6.09 Å². The van der Waals surface area contributed by atoms with Crippen molar-refractivity contribution in [2.24, 2.45) is 5.73 Å². The van der Waals surface area contributed by atoms with Gasteiger partial charge in [0.1, 0.15) is 0 Å². The van der Waals surface area contributed by atoms with Crippen molar-refractivity contribution in [3.63, 3.8) is 0 Å². The summed E-state index contributed by atoms with van der Waals surface area (Å²) in [6.07, 6.45) is 6.43. The van der Waals surface area contributed by atoms with Crippen molar-refractivity contribution in [2.75, 3.05) is 16.3 Å². The largest absolute Gasteiger partial charge is 0.446 e. The molecule has 3 rings (SSSR count). The summed E-state index contributed by atoms with van der Waals surface area (Å²) in [5, 5.41) is 0. The van der Waals surface area contributed by atoms with Crippen molar-refractivity contribution < 1.29 is 14.3 Å². The number of benzene rings is 1. The summed E-state index contributed by atoms with van der Waals surface area (Å²) < 4.78 is 5.45. The number of fused-ring (bicyclic) bond motifs is 1. The number of nitrogens with two attached hydrogens (primary N) is 1. The third-order valence-corrected chi connectivity index (χ3v) is 5.07. The van der Waals surface area contributed by atoms with Crippen LogP contribution in [0.25, 0.3) is 5.57 Å². The van der Waals surface area contributed by atoms with Gasteiger partial charge in [-0.1, -0.05) is 18.2 Å². The zero-order chi connectivity index (χ0) is 20.4. The minimum atomic E-state index is -0.401. The van der Waals surface area contributed by atoms with Crippen LogP contribution in [0.2, 0.25) is 0 Å². The van der Waals surface area contributed by atoms with Crippen LogP contribution in [0.3, 0.4) is 0 Å². The lowest BCUT2D eigenvalue weighted by Crippen LogP contribution is -2.51. The molecule has 0 aromatic heterocycles. The number of hydrogen-bond donors (Lipinski definition) is 1. The van der Waals surface area contributed by atoms with E-state index < -0.39 is 6.09 Å². The molecule has 0 unspecified atom stereocenters. The van der Waals surface area contributed by atoms with Crippen molar-refractivity contribution in [2.45, 2.75) is 59.1 Å². The van der Waals surface area contributed by atoms with E-state index in [1.165, 1.54) is 0 Å². The fraction of sp³-hybridized carbons (Fsp3) is 0.455. The first-order chi connectivity index (χ1) is 13.3. The Morgan fingerprint density at radius 3 is 2.68 bits per heavy atom. The molecule has 1 aromatic rings. The summed E-state index contributed by atoms with van der Waals surface area (Å²) in [6.45, 7) is 7.51. The third-order valence-electron chi connectivity index (χ3n) is 5.07. The Labute approximate surface area is 166 Å². The van der Waals surface area contributed by atoms with Crippen LogP contribution in [-0.2, 0) is 9.53 Å². The Morgan fingerprint density at radius 1 is 1.25 bits per heavy atom. The van der Waals surface area contributed by atoms with Crippen LogP contribution in [0.5, 0.6) is 0 Å². The summed E-state index contributed by atoms with van der Waals surface area (Å²) in [6, 6.07) is 5.67. The van der Waals surface area contributed by atoms with E-state index in [0.717, 1.165) is 36.1 Å². The second-order valence-electron chi connectivity index (χ2n) is 7.72. The van der Waals surface area contributed by atoms with E-state index in [4.69, 9.17) is 10.5 Å². The molecule has 2 aliphatic rings. The minimum Gasteiger partial charge on any atom is -0.446 e. The van der Waals surface area contributed by atoms with Crippen LogP contribution in [0.15, 0.2) is 36.0 Å². The molecule has 0 saturated carbocycles. The van der Waals surface area contributed by atoms with Crippen molar-refractivity contribution >= 4 is 28.9 Å². The minimum absolute atomic E-state index is 0.0496.